The summed E-state index contributed by atoms with van der Waals surface area (Å²) < 4.78 is 27.4. The number of benzene rings is 1. The fourth-order valence-corrected chi connectivity index (χ4v) is 8.48. The molecule has 6 unspecified atom stereocenters. The highest BCUT2D eigenvalue weighted by molar-refractivity contribution is 7.91. The molecule has 2 fully saturated rings. The topological polar surface area (TPSA) is 103 Å². The molecular formula is C27H44N2O4S. The first-order chi connectivity index (χ1) is 15.8. The van der Waals surface area contributed by atoms with E-state index in [1.165, 1.54) is 0 Å². The maximum Gasteiger partial charge on any atom is 0.305 e. The van der Waals surface area contributed by atoms with Gasteiger partial charge < -0.3 is 5.73 Å². The molecule has 7 heteroatoms. The second-order valence-electron chi connectivity index (χ2n) is 12.0. The zero-order valence-electron chi connectivity index (χ0n) is 21.8. The van der Waals surface area contributed by atoms with E-state index in [1.54, 1.807) is 0 Å². The Labute approximate surface area is 206 Å². The summed E-state index contributed by atoms with van der Waals surface area (Å²) in [5, 5.41) is 11.5. The third-order valence-electron chi connectivity index (χ3n) is 8.60. The number of hydrogen-bond donors (Lipinski definition) is 1. The van der Waals surface area contributed by atoms with E-state index in [-0.39, 0.29) is 16.7 Å². The standard InChI is InChI=1S/C27H44N2O4S/c1-16(2)21-9-7-18(5)11-23(21)25-13-20(28)14-26(27(25)34(32,33)15-29(30)31)24-12-19(6)8-10-22(24)17(3)4/h13-14,16-19,21-24H,7-12,15,28H2,1-6H3. The van der Waals surface area contributed by atoms with E-state index in [4.69, 9.17) is 5.73 Å². The van der Waals surface area contributed by atoms with Gasteiger partial charge in [-0.15, -0.1) is 0 Å². The van der Waals surface area contributed by atoms with Crippen LogP contribution in [0, 0.1) is 45.6 Å². The van der Waals surface area contributed by atoms with E-state index in [1.807, 2.05) is 12.1 Å². The molecule has 0 aromatic heterocycles. The molecule has 1 aromatic rings. The van der Waals surface area contributed by atoms with Gasteiger partial charge in [-0.1, -0.05) is 54.4 Å². The molecule has 0 amide bonds. The monoisotopic (exact) mass is 492 g/mol. The highest BCUT2D eigenvalue weighted by Gasteiger charge is 2.41. The molecule has 2 aliphatic carbocycles. The summed E-state index contributed by atoms with van der Waals surface area (Å²) in [6.45, 7) is 13.2. The van der Waals surface area contributed by atoms with E-state index < -0.39 is 20.6 Å². The highest BCUT2D eigenvalue weighted by atomic mass is 32.2. The van der Waals surface area contributed by atoms with Gasteiger partial charge in [0.05, 0.1) is 4.90 Å². The number of nitro groups is 1. The number of anilines is 1. The van der Waals surface area contributed by atoms with E-state index >= 15 is 0 Å². The van der Waals surface area contributed by atoms with Crippen LogP contribution in [-0.4, -0.2) is 19.2 Å². The molecule has 34 heavy (non-hydrogen) atoms. The molecule has 0 aliphatic heterocycles. The van der Waals surface area contributed by atoms with Crippen molar-refractivity contribution in [1.29, 1.82) is 0 Å². The molecule has 1 aromatic carbocycles. The first-order valence-electron chi connectivity index (χ1n) is 13.1. The molecule has 6 atom stereocenters. The van der Waals surface area contributed by atoms with E-state index in [9.17, 15) is 18.5 Å². The molecule has 0 spiro atoms. The zero-order valence-corrected chi connectivity index (χ0v) is 22.6. The third-order valence-corrected chi connectivity index (χ3v) is 10.2. The minimum atomic E-state index is -4.12. The van der Waals surface area contributed by atoms with Crippen LogP contribution in [0.5, 0.6) is 0 Å². The van der Waals surface area contributed by atoms with Crippen LogP contribution in [0.4, 0.5) is 5.69 Å². The fourth-order valence-electron chi connectivity index (χ4n) is 6.93. The SMILES string of the molecule is CC1CCC(C(C)C)C(c2cc(N)cc(C3CC(C)CCC3C(C)C)c2S(=O)(=O)C[N+](=O)[O-])C1. The molecule has 6 nitrogen and oxygen atoms in total. The summed E-state index contributed by atoms with van der Waals surface area (Å²) in [7, 11) is -4.12. The van der Waals surface area contributed by atoms with Gasteiger partial charge in [-0.3, -0.25) is 10.1 Å². The Hall–Kier alpha value is -1.63. The van der Waals surface area contributed by atoms with Crippen LogP contribution >= 0.6 is 0 Å². The van der Waals surface area contributed by atoms with Crippen LogP contribution < -0.4 is 5.73 Å². The summed E-state index contributed by atoms with van der Waals surface area (Å²) in [4.78, 5) is 11.0. The Bertz CT molecular complexity index is 935. The number of nitrogens with two attached hydrogens (primary N) is 1. The predicted molar refractivity (Wildman–Crippen MR) is 138 cm³/mol. The fraction of sp³-hybridized carbons (Fsp3) is 0.778. The highest BCUT2D eigenvalue weighted by Crippen LogP contribution is 2.51. The van der Waals surface area contributed by atoms with Gasteiger partial charge in [-0.05, 0) is 96.3 Å². The van der Waals surface area contributed by atoms with Crippen molar-refractivity contribution in [1.82, 2.24) is 0 Å². The molecule has 0 bridgehead atoms. The Morgan fingerprint density at radius 1 is 0.912 bits per heavy atom. The maximum absolute atomic E-state index is 13.7. The minimum absolute atomic E-state index is 0.0426. The largest absolute Gasteiger partial charge is 0.399 e. The summed E-state index contributed by atoms with van der Waals surface area (Å²) >= 11 is 0. The number of nitrogens with zero attached hydrogens (tertiary/aromatic N) is 1. The van der Waals surface area contributed by atoms with Crippen LogP contribution in [0.3, 0.4) is 0 Å². The van der Waals surface area contributed by atoms with Gasteiger partial charge in [0.2, 0.25) is 9.84 Å². The molecule has 3 rings (SSSR count). The molecular weight excluding hydrogens is 448 g/mol. The average molecular weight is 493 g/mol. The van der Waals surface area contributed by atoms with Crippen molar-refractivity contribution < 1.29 is 13.3 Å². The molecule has 2 aliphatic rings. The summed E-state index contributed by atoms with van der Waals surface area (Å²) in [5.74, 6) is 1.44. The Kier molecular flexibility index (Phi) is 8.37. The molecule has 2 saturated carbocycles. The van der Waals surface area contributed by atoms with Gasteiger partial charge >= 0.3 is 5.88 Å². The van der Waals surface area contributed by atoms with Crippen molar-refractivity contribution >= 4 is 15.5 Å². The lowest BCUT2D eigenvalue weighted by atomic mass is 9.65. The van der Waals surface area contributed by atoms with E-state index in [0.29, 0.717) is 41.2 Å². The van der Waals surface area contributed by atoms with Crippen molar-refractivity contribution in [3.05, 3.63) is 33.4 Å². The number of nitrogen functional groups attached to an aromatic ring is 1. The quantitative estimate of drug-likeness (QED) is 0.261. The zero-order chi connectivity index (χ0) is 25.4. The second-order valence-corrected chi connectivity index (χ2v) is 13.9. The lowest BCUT2D eigenvalue weighted by Crippen LogP contribution is -2.31. The van der Waals surface area contributed by atoms with Crippen molar-refractivity contribution in [2.45, 2.75) is 96.8 Å². The van der Waals surface area contributed by atoms with Crippen molar-refractivity contribution in [3.63, 3.8) is 0 Å². The van der Waals surface area contributed by atoms with Gasteiger partial charge in [0.15, 0.2) is 0 Å². The Morgan fingerprint density at radius 2 is 1.32 bits per heavy atom. The summed E-state index contributed by atoms with van der Waals surface area (Å²) in [5.41, 5.74) is 8.52. The smallest absolute Gasteiger partial charge is 0.305 e. The Balaban J connectivity index is 2.30. The van der Waals surface area contributed by atoms with Crippen molar-refractivity contribution in [2.24, 2.45) is 35.5 Å². The van der Waals surface area contributed by atoms with Gasteiger partial charge in [0.1, 0.15) is 0 Å². The molecule has 0 heterocycles. The summed E-state index contributed by atoms with van der Waals surface area (Å²) in [6.07, 6.45) is 6.11. The van der Waals surface area contributed by atoms with Gasteiger partial charge in [-0.25, -0.2) is 8.42 Å². The van der Waals surface area contributed by atoms with E-state index in [0.717, 1.165) is 49.7 Å². The Morgan fingerprint density at radius 3 is 1.68 bits per heavy atom. The first-order valence-corrected chi connectivity index (χ1v) is 14.7. The minimum Gasteiger partial charge on any atom is -0.399 e. The number of rotatable bonds is 7. The molecule has 192 valence electrons. The average Bonchev–Trinajstić information content (AvgIpc) is 2.71. The third kappa shape index (κ3) is 5.77. The van der Waals surface area contributed by atoms with Gasteiger partial charge in [-0.2, -0.15) is 0 Å². The second kappa shape index (κ2) is 10.5. The normalized spacial score (nSPS) is 30.6. The van der Waals surface area contributed by atoms with Gasteiger partial charge in [0.25, 0.3) is 0 Å². The van der Waals surface area contributed by atoms with Crippen LogP contribution in [0.2, 0.25) is 0 Å². The van der Waals surface area contributed by atoms with Gasteiger partial charge in [0, 0.05) is 10.6 Å². The number of hydrogen-bond acceptors (Lipinski definition) is 5. The van der Waals surface area contributed by atoms with Crippen molar-refractivity contribution in [2.75, 3.05) is 11.6 Å². The lowest BCUT2D eigenvalue weighted by Gasteiger charge is -2.41. The molecule has 2 N–H and O–H groups in total. The van der Waals surface area contributed by atoms with Crippen LogP contribution in [0.1, 0.15) is 103 Å². The lowest BCUT2D eigenvalue weighted by molar-refractivity contribution is -0.458. The first kappa shape index (κ1) is 27.0. The van der Waals surface area contributed by atoms with E-state index in [2.05, 4.69) is 41.5 Å². The molecule has 0 saturated heterocycles. The van der Waals surface area contributed by atoms with Crippen LogP contribution in [0.15, 0.2) is 17.0 Å². The van der Waals surface area contributed by atoms with Crippen LogP contribution in [0.25, 0.3) is 0 Å². The molecule has 0 radical (unpaired) electrons. The maximum atomic E-state index is 13.7. The predicted octanol–water partition coefficient (Wildman–Crippen LogP) is 6.63. The van der Waals surface area contributed by atoms with Crippen molar-refractivity contribution in [3.8, 4) is 0 Å². The van der Waals surface area contributed by atoms with Crippen LogP contribution in [-0.2, 0) is 9.84 Å². The number of sulfone groups is 1. The summed E-state index contributed by atoms with van der Waals surface area (Å²) in [6, 6.07) is 3.65.